The molecule has 0 bridgehead atoms. The number of pyridine rings is 1. The van der Waals surface area contributed by atoms with Crippen LogP contribution in [-0.4, -0.2) is 73.4 Å². The zero-order valence-corrected chi connectivity index (χ0v) is 16.6. The third-order valence-electron chi connectivity index (χ3n) is 5.73. The molecule has 6 rings (SSSR count). The Hall–Kier alpha value is -3.73. The number of nitrogens with zero attached hydrogens (tertiary/aromatic N) is 7. The molecule has 0 saturated carbocycles. The first-order valence-electron chi connectivity index (χ1n) is 10.2. The number of morpholine rings is 1. The quantitative estimate of drug-likeness (QED) is 0.523. The highest BCUT2D eigenvalue weighted by Gasteiger charge is 2.38. The Bertz CT molecular complexity index is 1210. The summed E-state index contributed by atoms with van der Waals surface area (Å²) in [6.07, 6.45) is 4.20. The van der Waals surface area contributed by atoms with Crippen LogP contribution >= 0.6 is 0 Å². The zero-order chi connectivity index (χ0) is 20.8. The predicted molar refractivity (Wildman–Crippen MR) is 108 cm³/mol. The summed E-state index contributed by atoms with van der Waals surface area (Å²) in [5.41, 5.74) is 3.47. The molecule has 31 heavy (non-hydrogen) atoms. The summed E-state index contributed by atoms with van der Waals surface area (Å²) in [5.74, 6) is -0.364. The average molecular weight is 420 g/mol. The van der Waals surface area contributed by atoms with Crippen molar-refractivity contribution in [3.05, 3.63) is 59.8 Å². The number of imidazole rings is 1. The van der Waals surface area contributed by atoms with Gasteiger partial charge in [-0.05, 0) is 18.2 Å². The van der Waals surface area contributed by atoms with Crippen LogP contribution in [0.5, 0.6) is 0 Å². The van der Waals surface area contributed by atoms with Gasteiger partial charge in [0.1, 0.15) is 6.04 Å². The van der Waals surface area contributed by atoms with Gasteiger partial charge in [-0.3, -0.25) is 4.79 Å². The minimum atomic E-state index is -0.443. The third-order valence-corrected chi connectivity index (χ3v) is 5.73. The van der Waals surface area contributed by atoms with E-state index in [-0.39, 0.29) is 11.8 Å². The minimum absolute atomic E-state index is 0.0331. The summed E-state index contributed by atoms with van der Waals surface area (Å²) in [5, 5.41) is 12.8. The van der Waals surface area contributed by atoms with Gasteiger partial charge in [0.05, 0.1) is 36.4 Å². The number of amides is 1. The van der Waals surface area contributed by atoms with Gasteiger partial charge in [-0.25, -0.2) is 9.50 Å². The van der Waals surface area contributed by atoms with E-state index in [1.54, 1.807) is 15.7 Å². The highest BCUT2D eigenvalue weighted by Crippen LogP contribution is 2.34. The summed E-state index contributed by atoms with van der Waals surface area (Å²) >= 11 is 0. The van der Waals surface area contributed by atoms with Crippen LogP contribution in [0.3, 0.4) is 0 Å². The number of carbonyl (C=O) groups is 1. The number of rotatable bonds is 3. The largest absolute Gasteiger partial charge is 0.399 e. The first kappa shape index (κ1) is 18.1. The van der Waals surface area contributed by atoms with Crippen LogP contribution in [0.1, 0.15) is 33.8 Å². The van der Waals surface area contributed by atoms with Crippen molar-refractivity contribution in [2.75, 3.05) is 37.7 Å². The Morgan fingerprint density at radius 1 is 1.16 bits per heavy atom. The molecule has 1 unspecified atom stereocenters. The fraction of sp³-hybridized carbons (Fsp3) is 0.350. The van der Waals surface area contributed by atoms with E-state index in [4.69, 9.17) is 14.3 Å². The van der Waals surface area contributed by atoms with Gasteiger partial charge >= 0.3 is 17.8 Å². The molecule has 0 spiro atoms. The molecule has 1 fully saturated rings. The molecule has 0 aliphatic carbocycles. The number of aromatic amines is 1. The second-order valence-corrected chi connectivity index (χ2v) is 7.55. The van der Waals surface area contributed by atoms with Gasteiger partial charge in [0.2, 0.25) is 0 Å². The highest BCUT2D eigenvalue weighted by molar-refractivity contribution is 5.90. The van der Waals surface area contributed by atoms with Gasteiger partial charge in [0.25, 0.3) is 0 Å². The van der Waals surface area contributed by atoms with Crippen LogP contribution in [0.4, 0.5) is 6.01 Å². The molecule has 4 aromatic rings. The van der Waals surface area contributed by atoms with Gasteiger partial charge < -0.3 is 23.9 Å². The molecule has 158 valence electrons. The summed E-state index contributed by atoms with van der Waals surface area (Å²) in [6.45, 7) is 2.98. The van der Waals surface area contributed by atoms with E-state index in [0.29, 0.717) is 45.3 Å². The Morgan fingerprint density at radius 2 is 2.06 bits per heavy atom. The monoisotopic (exact) mass is 420 g/mol. The lowest BCUT2D eigenvalue weighted by Gasteiger charge is -2.32. The molecule has 0 radical (unpaired) electrons. The summed E-state index contributed by atoms with van der Waals surface area (Å²) in [7, 11) is 0. The molecule has 11 heteroatoms. The number of hydrogen-bond donors (Lipinski definition) is 1. The van der Waals surface area contributed by atoms with Crippen molar-refractivity contribution in [2.24, 2.45) is 0 Å². The molecule has 0 aromatic carbocycles. The first-order valence-corrected chi connectivity index (χ1v) is 10.2. The van der Waals surface area contributed by atoms with Crippen LogP contribution in [0.2, 0.25) is 0 Å². The maximum atomic E-state index is 13.4. The number of anilines is 1. The standard InChI is InChI=1S/C20H20N8O3/c29-19(18-23-24-20(31-18)26-7-9-30-10-8-26)27-6-4-14-16(22-12-21-14)17(27)15-11-13-3-1-2-5-28(13)25-15/h1-3,5,11-12,17H,4,6-10H2,(H,21,22). The van der Waals surface area contributed by atoms with E-state index in [2.05, 4.69) is 20.2 Å². The predicted octanol–water partition coefficient (Wildman–Crippen LogP) is 1.06. The average Bonchev–Trinajstić information content (AvgIpc) is 3.57. The number of ether oxygens (including phenoxy) is 1. The maximum Gasteiger partial charge on any atom is 0.318 e. The first-order chi connectivity index (χ1) is 15.3. The number of fused-ring (bicyclic) bond motifs is 2. The number of hydrogen-bond acceptors (Lipinski definition) is 8. The van der Waals surface area contributed by atoms with Crippen LogP contribution < -0.4 is 4.90 Å². The lowest BCUT2D eigenvalue weighted by atomic mass is 9.99. The van der Waals surface area contributed by atoms with Crippen molar-refractivity contribution in [1.29, 1.82) is 0 Å². The van der Waals surface area contributed by atoms with Crippen molar-refractivity contribution in [2.45, 2.75) is 12.5 Å². The van der Waals surface area contributed by atoms with Crippen molar-refractivity contribution < 1.29 is 13.9 Å². The lowest BCUT2D eigenvalue weighted by Crippen LogP contribution is -2.41. The van der Waals surface area contributed by atoms with Crippen molar-refractivity contribution in [3.8, 4) is 0 Å². The summed E-state index contributed by atoms with van der Waals surface area (Å²) in [6, 6.07) is 7.72. The molecule has 6 heterocycles. The molecular weight excluding hydrogens is 400 g/mol. The zero-order valence-electron chi connectivity index (χ0n) is 16.6. The van der Waals surface area contributed by atoms with Crippen LogP contribution in [0.25, 0.3) is 5.52 Å². The third kappa shape index (κ3) is 3.05. The van der Waals surface area contributed by atoms with Crippen molar-refractivity contribution >= 4 is 17.4 Å². The Kier molecular flexibility index (Phi) is 4.20. The lowest BCUT2D eigenvalue weighted by molar-refractivity contribution is 0.0645. The van der Waals surface area contributed by atoms with Gasteiger partial charge in [0.15, 0.2) is 0 Å². The highest BCUT2D eigenvalue weighted by atomic mass is 16.5. The van der Waals surface area contributed by atoms with Crippen LogP contribution in [0, 0.1) is 0 Å². The molecule has 1 amide bonds. The van der Waals surface area contributed by atoms with Gasteiger partial charge in [-0.1, -0.05) is 11.2 Å². The fourth-order valence-corrected chi connectivity index (χ4v) is 4.19. The molecule has 1 saturated heterocycles. The van der Waals surface area contributed by atoms with E-state index >= 15 is 0 Å². The molecule has 2 aliphatic rings. The second-order valence-electron chi connectivity index (χ2n) is 7.55. The maximum absolute atomic E-state index is 13.4. The van der Waals surface area contributed by atoms with Gasteiger partial charge in [-0.2, -0.15) is 5.10 Å². The number of aromatic nitrogens is 6. The second kappa shape index (κ2) is 7.20. The van der Waals surface area contributed by atoms with E-state index in [9.17, 15) is 4.79 Å². The molecule has 4 aromatic heterocycles. The molecular formula is C20H20N8O3. The summed E-state index contributed by atoms with van der Waals surface area (Å²) in [4.78, 5) is 24.8. The topological polar surface area (TPSA) is 118 Å². The molecule has 1 N–H and O–H groups in total. The normalized spacial score (nSPS) is 19.0. The number of nitrogens with one attached hydrogen (secondary N) is 1. The Labute approximate surface area is 176 Å². The summed E-state index contributed by atoms with van der Waals surface area (Å²) < 4.78 is 12.9. The van der Waals surface area contributed by atoms with Crippen LogP contribution in [-0.2, 0) is 11.2 Å². The van der Waals surface area contributed by atoms with E-state index in [0.717, 1.165) is 22.6 Å². The van der Waals surface area contributed by atoms with Crippen LogP contribution in [0.15, 0.2) is 41.2 Å². The number of carbonyl (C=O) groups excluding carboxylic acids is 1. The van der Waals surface area contributed by atoms with E-state index in [1.165, 1.54) is 0 Å². The Morgan fingerprint density at radius 3 is 2.94 bits per heavy atom. The SMILES string of the molecule is O=C(c1nnc(N2CCOCC2)o1)N1CCc2[nH]cnc2C1c1cc2ccccn2n1. The van der Waals surface area contributed by atoms with Crippen molar-refractivity contribution in [1.82, 2.24) is 34.7 Å². The smallest absolute Gasteiger partial charge is 0.318 e. The van der Waals surface area contributed by atoms with Gasteiger partial charge in [-0.15, -0.1) is 5.10 Å². The van der Waals surface area contributed by atoms with E-state index < -0.39 is 6.04 Å². The Balaban J connectivity index is 1.36. The number of H-pyrrole nitrogens is 1. The minimum Gasteiger partial charge on any atom is -0.399 e. The molecule has 1 atom stereocenters. The molecule has 2 aliphatic heterocycles. The van der Waals surface area contributed by atoms with Gasteiger partial charge in [0, 0.05) is 37.9 Å². The van der Waals surface area contributed by atoms with Crippen molar-refractivity contribution in [3.63, 3.8) is 0 Å². The molecule has 11 nitrogen and oxygen atoms in total. The fourth-order valence-electron chi connectivity index (χ4n) is 4.19. The van der Waals surface area contributed by atoms with E-state index in [1.807, 2.05) is 35.4 Å².